The van der Waals surface area contributed by atoms with E-state index in [-0.39, 0.29) is 18.7 Å². The number of hydrogen-bond donors (Lipinski definition) is 3. The fraction of sp³-hybridized carbons (Fsp3) is 0.889. The van der Waals surface area contributed by atoms with Crippen LogP contribution in [0.5, 0.6) is 0 Å². The molecule has 1 aliphatic heterocycles. The standard InChI is InChI=1S/C18H35NO2/c1-2-3-4-5-6-7-8-9-10-11-12-13-14-17(21)18-16(15-20)19-18/h13-14,16-21H,2-12,15H2,1H3/b14-13-/t16-,17-,18-/m1/s1. The Balaban J connectivity index is 1.80. The van der Waals surface area contributed by atoms with Crippen molar-refractivity contribution >= 4 is 0 Å². The Bertz CT molecular complexity index is 268. The number of rotatable bonds is 14. The van der Waals surface area contributed by atoms with Gasteiger partial charge in [-0.15, -0.1) is 0 Å². The fourth-order valence-electron chi connectivity index (χ4n) is 2.80. The largest absolute Gasteiger partial charge is 0.395 e. The van der Waals surface area contributed by atoms with Gasteiger partial charge in [0.05, 0.1) is 18.8 Å². The molecule has 0 saturated carbocycles. The predicted octanol–water partition coefficient (Wildman–Crippen LogP) is 3.55. The second-order valence-corrected chi connectivity index (χ2v) is 6.37. The molecule has 0 aromatic carbocycles. The zero-order valence-electron chi connectivity index (χ0n) is 13.8. The number of aliphatic hydroxyl groups is 2. The minimum atomic E-state index is -0.440. The van der Waals surface area contributed by atoms with Crippen molar-refractivity contribution in [2.75, 3.05) is 6.61 Å². The molecule has 1 fully saturated rings. The van der Waals surface area contributed by atoms with Crippen LogP contribution in [0.2, 0.25) is 0 Å². The van der Waals surface area contributed by atoms with Gasteiger partial charge in [0.25, 0.3) is 0 Å². The number of aliphatic hydroxyl groups excluding tert-OH is 2. The molecule has 1 aliphatic rings. The molecule has 0 aromatic rings. The molecule has 1 heterocycles. The van der Waals surface area contributed by atoms with E-state index in [0.717, 1.165) is 6.42 Å². The average Bonchev–Trinajstić information content (AvgIpc) is 3.28. The Kier molecular flexibility index (Phi) is 10.8. The van der Waals surface area contributed by atoms with Crippen molar-refractivity contribution in [2.24, 2.45) is 0 Å². The number of unbranched alkanes of at least 4 members (excludes halogenated alkanes) is 10. The van der Waals surface area contributed by atoms with E-state index >= 15 is 0 Å². The topological polar surface area (TPSA) is 62.4 Å². The molecule has 3 heteroatoms. The first kappa shape index (κ1) is 18.7. The monoisotopic (exact) mass is 297 g/mol. The highest BCUT2D eigenvalue weighted by molar-refractivity contribution is 5.09. The lowest BCUT2D eigenvalue weighted by molar-refractivity contribution is 0.210. The van der Waals surface area contributed by atoms with E-state index in [1.54, 1.807) is 0 Å². The van der Waals surface area contributed by atoms with Crippen LogP contribution in [0.15, 0.2) is 12.2 Å². The lowest BCUT2D eigenvalue weighted by Gasteiger charge is -2.02. The summed E-state index contributed by atoms with van der Waals surface area (Å²) in [5.74, 6) is 0. The Hall–Kier alpha value is -0.380. The van der Waals surface area contributed by atoms with Gasteiger partial charge < -0.3 is 15.5 Å². The number of allylic oxidation sites excluding steroid dienone is 1. The minimum Gasteiger partial charge on any atom is -0.395 e. The second-order valence-electron chi connectivity index (χ2n) is 6.37. The molecule has 3 N–H and O–H groups in total. The summed E-state index contributed by atoms with van der Waals surface area (Å²) in [5.41, 5.74) is 0. The average molecular weight is 297 g/mol. The zero-order chi connectivity index (χ0) is 15.3. The van der Waals surface area contributed by atoms with Gasteiger partial charge in [-0.25, -0.2) is 0 Å². The van der Waals surface area contributed by atoms with E-state index in [1.165, 1.54) is 64.2 Å². The van der Waals surface area contributed by atoms with E-state index in [9.17, 15) is 5.11 Å². The van der Waals surface area contributed by atoms with E-state index in [2.05, 4.69) is 18.3 Å². The van der Waals surface area contributed by atoms with Crippen molar-refractivity contribution in [3.05, 3.63) is 12.2 Å². The molecule has 0 spiro atoms. The summed E-state index contributed by atoms with van der Waals surface area (Å²) < 4.78 is 0. The summed E-state index contributed by atoms with van der Waals surface area (Å²) >= 11 is 0. The summed E-state index contributed by atoms with van der Waals surface area (Å²) in [6, 6.07) is 0.168. The lowest BCUT2D eigenvalue weighted by Crippen LogP contribution is -2.15. The van der Waals surface area contributed by atoms with Crippen molar-refractivity contribution in [3.63, 3.8) is 0 Å². The van der Waals surface area contributed by atoms with E-state index in [4.69, 9.17) is 5.11 Å². The van der Waals surface area contributed by atoms with Crippen molar-refractivity contribution in [1.82, 2.24) is 5.32 Å². The zero-order valence-corrected chi connectivity index (χ0v) is 13.8. The van der Waals surface area contributed by atoms with E-state index < -0.39 is 6.10 Å². The van der Waals surface area contributed by atoms with Crippen LogP contribution < -0.4 is 5.32 Å². The molecule has 1 saturated heterocycles. The number of nitrogens with one attached hydrogen (secondary N) is 1. The maximum absolute atomic E-state index is 9.79. The first-order chi connectivity index (χ1) is 10.3. The summed E-state index contributed by atoms with van der Waals surface area (Å²) in [6.45, 7) is 2.38. The van der Waals surface area contributed by atoms with Crippen LogP contribution in [0.4, 0.5) is 0 Å². The first-order valence-corrected chi connectivity index (χ1v) is 9.01. The highest BCUT2D eigenvalue weighted by Crippen LogP contribution is 2.16. The van der Waals surface area contributed by atoms with Gasteiger partial charge in [0.15, 0.2) is 0 Å². The van der Waals surface area contributed by atoms with Gasteiger partial charge in [0.1, 0.15) is 0 Å². The quantitative estimate of drug-likeness (QED) is 0.261. The van der Waals surface area contributed by atoms with E-state index in [0.29, 0.717) is 0 Å². The third kappa shape index (κ3) is 9.28. The van der Waals surface area contributed by atoms with Crippen LogP contribution in [-0.2, 0) is 0 Å². The van der Waals surface area contributed by atoms with Gasteiger partial charge >= 0.3 is 0 Å². The summed E-state index contributed by atoms with van der Waals surface area (Å²) in [5, 5.41) is 21.8. The number of hydrogen-bond acceptors (Lipinski definition) is 3. The molecule has 124 valence electrons. The summed E-state index contributed by atoms with van der Waals surface area (Å²) in [6.07, 6.45) is 18.2. The molecular weight excluding hydrogens is 262 g/mol. The molecule has 0 bridgehead atoms. The van der Waals surface area contributed by atoms with Crippen molar-refractivity contribution < 1.29 is 10.2 Å². The van der Waals surface area contributed by atoms with Gasteiger partial charge in [-0.3, -0.25) is 0 Å². The van der Waals surface area contributed by atoms with Crippen molar-refractivity contribution in [2.45, 2.75) is 95.7 Å². The third-order valence-electron chi connectivity index (χ3n) is 4.35. The van der Waals surface area contributed by atoms with Crippen LogP contribution in [0, 0.1) is 0 Å². The molecule has 0 aliphatic carbocycles. The van der Waals surface area contributed by atoms with Crippen LogP contribution in [0.25, 0.3) is 0 Å². The van der Waals surface area contributed by atoms with E-state index in [1.807, 2.05) is 6.08 Å². The highest BCUT2D eigenvalue weighted by Gasteiger charge is 2.39. The minimum absolute atomic E-state index is 0.0685. The summed E-state index contributed by atoms with van der Waals surface area (Å²) in [7, 11) is 0. The van der Waals surface area contributed by atoms with Crippen molar-refractivity contribution in [3.8, 4) is 0 Å². The maximum atomic E-state index is 9.79. The molecule has 0 unspecified atom stereocenters. The van der Waals surface area contributed by atoms with Gasteiger partial charge in [-0.05, 0) is 12.8 Å². The fourth-order valence-corrected chi connectivity index (χ4v) is 2.80. The van der Waals surface area contributed by atoms with Crippen LogP contribution >= 0.6 is 0 Å². The summed E-state index contributed by atoms with van der Waals surface area (Å²) in [4.78, 5) is 0. The maximum Gasteiger partial charge on any atom is 0.0890 e. The van der Waals surface area contributed by atoms with Gasteiger partial charge in [-0.1, -0.05) is 76.9 Å². The normalized spacial score (nSPS) is 22.8. The van der Waals surface area contributed by atoms with Gasteiger partial charge in [0, 0.05) is 6.04 Å². The first-order valence-electron chi connectivity index (χ1n) is 9.01. The molecule has 0 aromatic heterocycles. The second kappa shape index (κ2) is 12.2. The Morgan fingerprint density at radius 2 is 1.52 bits per heavy atom. The molecule has 1 rings (SSSR count). The molecule has 3 nitrogen and oxygen atoms in total. The molecular formula is C18H35NO2. The molecule has 3 atom stereocenters. The predicted molar refractivity (Wildman–Crippen MR) is 89.4 cm³/mol. The highest BCUT2D eigenvalue weighted by atomic mass is 16.3. The molecule has 0 amide bonds. The van der Waals surface area contributed by atoms with Crippen LogP contribution in [-0.4, -0.2) is 35.0 Å². The lowest BCUT2D eigenvalue weighted by atomic mass is 10.1. The van der Waals surface area contributed by atoms with Gasteiger partial charge in [-0.2, -0.15) is 0 Å². The molecule has 0 radical (unpaired) electrons. The van der Waals surface area contributed by atoms with Crippen molar-refractivity contribution in [1.29, 1.82) is 0 Å². The van der Waals surface area contributed by atoms with Crippen LogP contribution in [0.3, 0.4) is 0 Å². The smallest absolute Gasteiger partial charge is 0.0890 e. The Morgan fingerprint density at radius 1 is 0.952 bits per heavy atom. The van der Waals surface area contributed by atoms with Crippen LogP contribution in [0.1, 0.15) is 77.6 Å². The SMILES string of the molecule is CCCCCCCCCCCC/C=C\[C@@H](O)[C@@H]1N[C@@H]1CO. The Labute approximate surface area is 130 Å². The molecule has 21 heavy (non-hydrogen) atoms. The third-order valence-corrected chi connectivity index (χ3v) is 4.35. The Morgan fingerprint density at radius 3 is 2.05 bits per heavy atom. The van der Waals surface area contributed by atoms with Gasteiger partial charge in [0.2, 0.25) is 0 Å².